The van der Waals surface area contributed by atoms with Gasteiger partial charge >= 0.3 is 0 Å². The first kappa shape index (κ1) is 15.8. The Morgan fingerprint density at radius 3 is 2.38 bits per heavy atom. The maximum Gasteiger partial charge on any atom is 0.244 e. The van der Waals surface area contributed by atoms with E-state index in [1.807, 2.05) is 0 Å². The molecule has 0 saturated heterocycles. The van der Waals surface area contributed by atoms with Crippen LogP contribution in [0.2, 0.25) is 0 Å². The summed E-state index contributed by atoms with van der Waals surface area (Å²) >= 11 is 0. The van der Waals surface area contributed by atoms with E-state index in [1.54, 1.807) is 0 Å². The molecular formula is C13H17F2N3O2S. The fourth-order valence-corrected chi connectivity index (χ4v) is 4.09. The lowest BCUT2D eigenvalue weighted by molar-refractivity contribution is 0.347. The molecule has 0 unspecified atom stereocenters. The quantitative estimate of drug-likeness (QED) is 0.584. The Morgan fingerprint density at radius 1 is 1.24 bits per heavy atom. The molecule has 1 aromatic carbocycles. The molecule has 1 fully saturated rings. The van der Waals surface area contributed by atoms with Gasteiger partial charge in [-0.25, -0.2) is 17.2 Å². The van der Waals surface area contributed by atoms with Crippen molar-refractivity contribution in [2.75, 3.05) is 0 Å². The number of halogens is 2. The molecule has 0 heterocycles. The van der Waals surface area contributed by atoms with Gasteiger partial charge in [0, 0.05) is 6.07 Å². The van der Waals surface area contributed by atoms with Gasteiger partial charge in [-0.15, -0.1) is 0 Å². The first-order valence-corrected chi connectivity index (χ1v) is 8.09. The molecule has 0 radical (unpaired) electrons. The Bertz CT molecular complexity index is 655. The van der Waals surface area contributed by atoms with Crippen molar-refractivity contribution in [2.45, 2.75) is 42.5 Å². The summed E-state index contributed by atoms with van der Waals surface area (Å²) in [5, 5.41) is 7.66. The number of benzene rings is 1. The first-order chi connectivity index (χ1) is 9.77. The summed E-state index contributed by atoms with van der Waals surface area (Å²) in [4.78, 5) is -0.643. The molecule has 2 rings (SSSR count). The lowest BCUT2D eigenvalue weighted by Crippen LogP contribution is -2.58. The molecule has 5 nitrogen and oxygen atoms in total. The zero-order valence-corrected chi connectivity index (χ0v) is 12.1. The van der Waals surface area contributed by atoms with Crippen LogP contribution in [0.3, 0.4) is 0 Å². The lowest BCUT2D eigenvalue weighted by Gasteiger charge is -2.36. The molecule has 1 saturated carbocycles. The summed E-state index contributed by atoms with van der Waals surface area (Å²) < 4.78 is 53.5. The van der Waals surface area contributed by atoms with E-state index < -0.39 is 32.1 Å². The molecule has 21 heavy (non-hydrogen) atoms. The van der Waals surface area contributed by atoms with E-state index in [9.17, 15) is 17.2 Å². The zero-order chi connectivity index (χ0) is 15.7. The molecule has 0 aliphatic heterocycles. The van der Waals surface area contributed by atoms with Crippen LogP contribution in [0.5, 0.6) is 0 Å². The van der Waals surface area contributed by atoms with Gasteiger partial charge in [0.1, 0.15) is 22.4 Å². The summed E-state index contributed by atoms with van der Waals surface area (Å²) in [6, 6.07) is 2.25. The van der Waals surface area contributed by atoms with Crippen LogP contribution < -0.4 is 10.5 Å². The fraction of sp³-hybridized carbons (Fsp3) is 0.462. The summed E-state index contributed by atoms with van der Waals surface area (Å²) in [7, 11) is -4.22. The second kappa shape index (κ2) is 5.69. The van der Waals surface area contributed by atoms with Crippen molar-refractivity contribution in [3.05, 3.63) is 29.8 Å². The zero-order valence-electron chi connectivity index (χ0n) is 11.3. The Kier molecular flexibility index (Phi) is 4.29. The lowest BCUT2D eigenvalue weighted by atomic mass is 9.82. The number of sulfonamides is 1. The van der Waals surface area contributed by atoms with Gasteiger partial charge in [-0.3, -0.25) is 5.41 Å². The predicted molar refractivity (Wildman–Crippen MR) is 74.4 cm³/mol. The second-order valence-electron chi connectivity index (χ2n) is 5.24. The highest BCUT2D eigenvalue weighted by atomic mass is 32.2. The van der Waals surface area contributed by atoms with Gasteiger partial charge in [0.15, 0.2) is 0 Å². The average molecular weight is 317 g/mol. The topological polar surface area (TPSA) is 96.0 Å². The maximum absolute atomic E-state index is 13.7. The highest BCUT2D eigenvalue weighted by molar-refractivity contribution is 7.89. The molecule has 1 aromatic rings. The van der Waals surface area contributed by atoms with Crippen molar-refractivity contribution in [3.63, 3.8) is 0 Å². The molecule has 0 bridgehead atoms. The Hall–Kier alpha value is -1.54. The molecule has 0 aromatic heterocycles. The molecule has 0 spiro atoms. The maximum atomic E-state index is 13.7. The van der Waals surface area contributed by atoms with Crippen molar-refractivity contribution < 1.29 is 17.2 Å². The van der Waals surface area contributed by atoms with Gasteiger partial charge in [-0.05, 0) is 25.0 Å². The minimum absolute atomic E-state index is 0.284. The molecule has 0 amide bonds. The van der Waals surface area contributed by atoms with Crippen LogP contribution in [-0.4, -0.2) is 19.8 Å². The normalized spacial score (nSPS) is 18.4. The van der Waals surface area contributed by atoms with Gasteiger partial charge in [0.2, 0.25) is 10.0 Å². The summed E-state index contributed by atoms with van der Waals surface area (Å²) in [6.45, 7) is 0. The molecular weight excluding hydrogens is 300 g/mol. The SMILES string of the molecule is N=C(N)C1(NS(=O)(=O)c2ccc(F)cc2F)CCCCC1. The third-order valence-corrected chi connectivity index (χ3v) is 5.31. The van der Waals surface area contributed by atoms with Crippen molar-refractivity contribution >= 4 is 15.9 Å². The highest BCUT2D eigenvalue weighted by Gasteiger charge is 2.40. The van der Waals surface area contributed by atoms with E-state index in [-0.39, 0.29) is 5.84 Å². The van der Waals surface area contributed by atoms with Crippen molar-refractivity contribution in [1.82, 2.24) is 4.72 Å². The highest BCUT2D eigenvalue weighted by Crippen LogP contribution is 2.30. The largest absolute Gasteiger partial charge is 0.386 e. The number of rotatable bonds is 4. The molecule has 8 heteroatoms. The third kappa shape index (κ3) is 3.21. The first-order valence-electron chi connectivity index (χ1n) is 6.60. The van der Waals surface area contributed by atoms with Crippen LogP contribution in [0.1, 0.15) is 32.1 Å². The van der Waals surface area contributed by atoms with Gasteiger partial charge in [0.05, 0.1) is 5.54 Å². The molecule has 116 valence electrons. The number of nitrogens with one attached hydrogen (secondary N) is 2. The van der Waals surface area contributed by atoms with Crippen molar-refractivity contribution in [3.8, 4) is 0 Å². The van der Waals surface area contributed by atoms with Crippen molar-refractivity contribution in [2.24, 2.45) is 5.73 Å². The third-order valence-electron chi connectivity index (χ3n) is 3.74. The van der Waals surface area contributed by atoms with Crippen molar-refractivity contribution in [1.29, 1.82) is 5.41 Å². The van der Waals surface area contributed by atoms with Crippen LogP contribution in [0.25, 0.3) is 0 Å². The summed E-state index contributed by atoms with van der Waals surface area (Å²) in [5.41, 5.74) is 4.37. The Labute approximate surface area is 122 Å². The number of hydrogen-bond donors (Lipinski definition) is 3. The average Bonchev–Trinajstić information content (AvgIpc) is 2.38. The van der Waals surface area contributed by atoms with Gasteiger partial charge in [-0.2, -0.15) is 4.72 Å². The van der Waals surface area contributed by atoms with Gasteiger partial charge < -0.3 is 5.73 Å². The Balaban J connectivity index is 2.37. The molecule has 0 atom stereocenters. The van der Waals surface area contributed by atoms with Crippen LogP contribution in [0.15, 0.2) is 23.1 Å². The van der Waals surface area contributed by atoms with Crippen LogP contribution >= 0.6 is 0 Å². The molecule has 4 N–H and O–H groups in total. The van der Waals surface area contributed by atoms with E-state index in [1.165, 1.54) is 0 Å². The van der Waals surface area contributed by atoms with E-state index in [0.717, 1.165) is 31.4 Å². The van der Waals surface area contributed by atoms with E-state index in [4.69, 9.17) is 11.1 Å². The van der Waals surface area contributed by atoms with Gasteiger partial charge in [-0.1, -0.05) is 19.3 Å². The predicted octanol–water partition coefficient (Wildman–Crippen LogP) is 1.88. The van der Waals surface area contributed by atoms with Crippen LogP contribution in [0, 0.1) is 17.0 Å². The Morgan fingerprint density at radius 2 is 1.86 bits per heavy atom. The summed E-state index contributed by atoms with van der Waals surface area (Å²) in [5.74, 6) is -2.31. The van der Waals surface area contributed by atoms with Gasteiger partial charge in [0.25, 0.3) is 0 Å². The van der Waals surface area contributed by atoms with E-state index in [2.05, 4.69) is 4.72 Å². The number of nitrogens with two attached hydrogens (primary N) is 1. The second-order valence-corrected chi connectivity index (χ2v) is 6.89. The van der Waals surface area contributed by atoms with Crippen LogP contribution in [-0.2, 0) is 10.0 Å². The fourth-order valence-electron chi connectivity index (χ4n) is 2.59. The summed E-state index contributed by atoms with van der Waals surface area (Å²) in [6.07, 6.45) is 3.18. The van der Waals surface area contributed by atoms with E-state index in [0.29, 0.717) is 18.9 Å². The minimum Gasteiger partial charge on any atom is -0.386 e. The van der Waals surface area contributed by atoms with E-state index >= 15 is 0 Å². The smallest absolute Gasteiger partial charge is 0.244 e. The monoisotopic (exact) mass is 317 g/mol. The minimum atomic E-state index is -4.22. The number of amidine groups is 1. The number of hydrogen-bond acceptors (Lipinski definition) is 3. The molecule has 1 aliphatic carbocycles. The molecule has 1 aliphatic rings. The van der Waals surface area contributed by atoms with Crippen LogP contribution in [0.4, 0.5) is 8.78 Å². The standard InChI is InChI=1S/C13H17F2N3O2S/c14-9-4-5-11(10(15)8-9)21(19,20)18-13(12(16)17)6-2-1-3-7-13/h4-5,8,18H,1-3,6-7H2,(H3,16,17).